The van der Waals surface area contributed by atoms with Gasteiger partial charge in [0.1, 0.15) is 11.9 Å². The van der Waals surface area contributed by atoms with E-state index in [1.54, 1.807) is 21.3 Å². The molecule has 2 saturated heterocycles. The van der Waals surface area contributed by atoms with Gasteiger partial charge in [-0.15, -0.1) is 0 Å². The zero-order valence-electron chi connectivity index (χ0n) is 21.6. The van der Waals surface area contributed by atoms with Gasteiger partial charge in [0.05, 0.1) is 36.0 Å². The Hall–Kier alpha value is -2.55. The summed E-state index contributed by atoms with van der Waals surface area (Å²) in [6.07, 6.45) is 7.85. The van der Waals surface area contributed by atoms with Crippen LogP contribution < -0.4 is 15.4 Å². The van der Waals surface area contributed by atoms with Crippen LogP contribution in [0.3, 0.4) is 0 Å². The number of rotatable bonds is 12. The van der Waals surface area contributed by atoms with Crippen molar-refractivity contribution in [1.82, 2.24) is 10.6 Å². The zero-order chi connectivity index (χ0) is 26.3. The normalized spacial score (nSPS) is 26.8. The lowest BCUT2D eigenvalue weighted by molar-refractivity contribution is -0.120. The smallest absolute Gasteiger partial charge is 0.407 e. The number of hydrogen-bond donors (Lipinski definition) is 2. The van der Waals surface area contributed by atoms with Gasteiger partial charge < -0.3 is 29.6 Å². The predicted octanol–water partition coefficient (Wildman–Crippen LogP) is 4.35. The number of ether oxygens (including phenoxy) is 4. The van der Waals surface area contributed by atoms with Gasteiger partial charge in [-0.05, 0) is 44.4 Å². The number of alkyl carbamates (subject to hydrolysis) is 1. The van der Waals surface area contributed by atoms with Gasteiger partial charge in [0.25, 0.3) is 0 Å². The maximum Gasteiger partial charge on any atom is 0.407 e. The number of allylic oxidation sites excluding steroid dienone is 3. The van der Waals surface area contributed by atoms with Gasteiger partial charge in [0.2, 0.25) is 5.91 Å². The summed E-state index contributed by atoms with van der Waals surface area (Å²) in [6, 6.07) is 5.53. The molecule has 2 N–H and O–H groups in total. The van der Waals surface area contributed by atoms with E-state index in [-0.39, 0.29) is 35.9 Å². The van der Waals surface area contributed by atoms with Crippen molar-refractivity contribution < 1.29 is 28.5 Å². The summed E-state index contributed by atoms with van der Waals surface area (Å²) in [5, 5.41) is 6.09. The van der Waals surface area contributed by atoms with Crippen LogP contribution in [0.25, 0.3) is 0 Å². The minimum absolute atomic E-state index is 0.00858. The Kier molecular flexibility index (Phi) is 9.82. The Balaban J connectivity index is 1.54. The largest absolute Gasteiger partial charge is 0.495 e. The number of cyclic esters (lactones) is 1. The SMILES string of the molecule is CNC(=O)CCC1(C)OC1CC1CC([C@@H](/C=C/C=C(\C)Cc2ccc(Cl)c(OC)c2)OC)NC(=O)O1. The summed E-state index contributed by atoms with van der Waals surface area (Å²) in [4.78, 5) is 23.8. The number of halogens is 1. The number of methoxy groups -OCH3 is 2. The van der Waals surface area contributed by atoms with Crippen molar-refractivity contribution >= 4 is 23.6 Å². The summed E-state index contributed by atoms with van der Waals surface area (Å²) in [7, 11) is 4.85. The van der Waals surface area contributed by atoms with E-state index < -0.39 is 6.09 Å². The second-order valence-electron chi connectivity index (χ2n) is 9.59. The Bertz CT molecular complexity index is 996. The van der Waals surface area contributed by atoms with E-state index in [9.17, 15) is 9.59 Å². The highest BCUT2D eigenvalue weighted by molar-refractivity contribution is 6.32. The maximum absolute atomic E-state index is 12.2. The Morgan fingerprint density at radius 3 is 2.86 bits per heavy atom. The van der Waals surface area contributed by atoms with Gasteiger partial charge in [-0.1, -0.05) is 41.5 Å². The van der Waals surface area contributed by atoms with Gasteiger partial charge in [-0.2, -0.15) is 0 Å². The monoisotopic (exact) mass is 520 g/mol. The average molecular weight is 521 g/mol. The molecule has 0 radical (unpaired) electrons. The van der Waals surface area contributed by atoms with E-state index in [4.69, 9.17) is 30.5 Å². The van der Waals surface area contributed by atoms with Gasteiger partial charge in [-0.25, -0.2) is 4.79 Å². The second-order valence-corrected chi connectivity index (χ2v) is 9.99. The molecule has 9 heteroatoms. The minimum Gasteiger partial charge on any atom is -0.495 e. The van der Waals surface area contributed by atoms with Crippen LogP contribution in [-0.4, -0.2) is 63.2 Å². The van der Waals surface area contributed by atoms with E-state index in [1.165, 1.54) is 0 Å². The minimum atomic E-state index is -0.456. The Morgan fingerprint density at radius 2 is 2.17 bits per heavy atom. The summed E-state index contributed by atoms with van der Waals surface area (Å²) in [5.74, 6) is 0.649. The molecular formula is C27H37ClN2O6. The highest BCUT2D eigenvalue weighted by Gasteiger charge is 2.53. The third-order valence-corrected chi connectivity index (χ3v) is 7.09. The highest BCUT2D eigenvalue weighted by atomic mass is 35.5. The lowest BCUT2D eigenvalue weighted by atomic mass is 9.93. The van der Waals surface area contributed by atoms with E-state index in [2.05, 4.69) is 17.6 Å². The first-order chi connectivity index (χ1) is 17.2. The van der Waals surface area contributed by atoms with Crippen LogP contribution in [0.2, 0.25) is 5.02 Å². The first-order valence-electron chi connectivity index (χ1n) is 12.2. The number of carbonyl (C=O) groups is 2. The van der Waals surface area contributed by atoms with Gasteiger partial charge in [0, 0.05) is 33.4 Å². The third-order valence-electron chi connectivity index (χ3n) is 6.78. The lowest BCUT2D eigenvalue weighted by Gasteiger charge is -2.33. The quantitative estimate of drug-likeness (QED) is 0.314. The van der Waals surface area contributed by atoms with Crippen LogP contribution in [0, 0.1) is 0 Å². The topological polar surface area (TPSA) is 98.4 Å². The molecule has 2 fully saturated rings. The van der Waals surface area contributed by atoms with Gasteiger partial charge in [-0.3, -0.25) is 4.79 Å². The zero-order valence-corrected chi connectivity index (χ0v) is 22.4. The molecule has 36 heavy (non-hydrogen) atoms. The van der Waals surface area contributed by atoms with Crippen molar-refractivity contribution in [1.29, 1.82) is 0 Å². The Morgan fingerprint density at radius 1 is 1.39 bits per heavy atom. The number of amides is 2. The van der Waals surface area contributed by atoms with Crippen molar-refractivity contribution in [2.45, 2.75) is 75.9 Å². The fraction of sp³-hybridized carbons (Fsp3) is 0.556. The predicted molar refractivity (Wildman–Crippen MR) is 138 cm³/mol. The van der Waals surface area contributed by atoms with Crippen LogP contribution in [0.4, 0.5) is 4.79 Å². The molecule has 2 aliphatic heterocycles. The summed E-state index contributed by atoms with van der Waals surface area (Å²) in [5.41, 5.74) is 1.91. The fourth-order valence-electron chi connectivity index (χ4n) is 4.52. The standard InChI is InChI=1S/C27H37ClN2O6/c1-17(13-18-9-10-20(28)23(14-18)34-5)7-6-8-22(33-4)21-15-19(35-26(32)30-21)16-24-27(2,36-24)12-11-25(31)29-3/h6-10,14,19,21-22,24H,11-13,15-16H2,1-5H3,(H,29,31)(H,30,32)/b8-6+,17-7+/t19?,21?,22-,24?,27?/m1/s1. The van der Waals surface area contributed by atoms with Gasteiger partial charge >= 0.3 is 6.09 Å². The number of benzene rings is 1. The van der Waals surface area contributed by atoms with E-state index in [1.807, 2.05) is 43.4 Å². The number of hydrogen-bond acceptors (Lipinski definition) is 6. The Labute approximate surface area is 218 Å². The van der Waals surface area contributed by atoms with Crippen LogP contribution in [0.15, 0.2) is 42.0 Å². The summed E-state index contributed by atoms with van der Waals surface area (Å²) in [6.45, 7) is 4.05. The second kappa shape index (κ2) is 12.6. The number of nitrogens with one attached hydrogen (secondary N) is 2. The number of carbonyl (C=O) groups excluding carboxylic acids is 2. The van der Waals surface area contributed by atoms with E-state index in [0.29, 0.717) is 36.5 Å². The first kappa shape index (κ1) is 28.0. The molecule has 3 rings (SSSR count). The van der Waals surface area contributed by atoms with Crippen LogP contribution in [0.1, 0.15) is 45.1 Å². The molecule has 4 unspecified atom stereocenters. The van der Waals surface area contributed by atoms with Crippen molar-refractivity contribution in [2.24, 2.45) is 0 Å². The first-order valence-corrected chi connectivity index (χ1v) is 12.6. The van der Waals surface area contributed by atoms with Crippen LogP contribution in [-0.2, 0) is 25.4 Å². The van der Waals surface area contributed by atoms with E-state index in [0.717, 1.165) is 17.6 Å². The van der Waals surface area contributed by atoms with Crippen LogP contribution >= 0.6 is 11.6 Å². The molecule has 198 valence electrons. The summed E-state index contributed by atoms with van der Waals surface area (Å²) < 4.78 is 22.3. The molecule has 5 atom stereocenters. The highest BCUT2D eigenvalue weighted by Crippen LogP contribution is 2.44. The van der Waals surface area contributed by atoms with Gasteiger partial charge in [0.15, 0.2) is 0 Å². The molecular weight excluding hydrogens is 484 g/mol. The van der Waals surface area contributed by atoms with Crippen molar-refractivity contribution in [3.05, 3.63) is 52.6 Å². The molecule has 0 bridgehead atoms. The maximum atomic E-state index is 12.2. The fourth-order valence-corrected chi connectivity index (χ4v) is 4.72. The number of epoxide rings is 1. The molecule has 1 aromatic carbocycles. The molecule has 2 aliphatic rings. The van der Waals surface area contributed by atoms with Crippen molar-refractivity contribution in [3.63, 3.8) is 0 Å². The summed E-state index contributed by atoms with van der Waals surface area (Å²) >= 11 is 6.11. The lowest BCUT2D eigenvalue weighted by Crippen LogP contribution is -2.51. The molecule has 2 amide bonds. The molecule has 0 spiro atoms. The third kappa shape index (κ3) is 7.72. The average Bonchev–Trinajstić information content (AvgIpc) is 3.49. The van der Waals surface area contributed by atoms with E-state index >= 15 is 0 Å². The molecule has 2 heterocycles. The molecule has 0 aromatic heterocycles. The molecule has 0 saturated carbocycles. The molecule has 0 aliphatic carbocycles. The van der Waals surface area contributed by atoms with Crippen molar-refractivity contribution in [3.8, 4) is 5.75 Å². The van der Waals surface area contributed by atoms with Crippen molar-refractivity contribution in [2.75, 3.05) is 21.3 Å². The van der Waals surface area contributed by atoms with Crippen LogP contribution in [0.5, 0.6) is 5.75 Å². The molecule has 8 nitrogen and oxygen atoms in total. The molecule has 1 aromatic rings.